The number of benzene rings is 2. The number of ether oxygens (including phenoxy) is 1. The maximum absolute atomic E-state index is 9.87. The Bertz CT molecular complexity index is 1100. The number of hydrogen-bond acceptors (Lipinski definition) is 7. The summed E-state index contributed by atoms with van der Waals surface area (Å²) in [5, 5.41) is 19.5. The number of aromatic hydroxyl groups is 1. The standard InChI is InChI=1S/C31H58O7Si5/c1-26-17-18-27(23-29(26)25-32)15-13-21-39(3,4)35-41(7,8)37-43(11,12)38-42(9,10)36-40(5,6)22-14-16-28-19-20-30(33)31(24-28)34-2/h17-20,23-24,32-33H,13-16,21-22,25H2,1-12H3. The Morgan fingerprint density at radius 1 is 0.628 bits per heavy atom. The number of hydrogen-bond donors (Lipinski definition) is 2. The van der Waals surface area contributed by atoms with Crippen LogP contribution in [0.15, 0.2) is 36.4 Å². The topological polar surface area (TPSA) is 86.6 Å². The molecule has 0 amide bonds. The summed E-state index contributed by atoms with van der Waals surface area (Å²) < 4.78 is 32.4. The molecule has 244 valence electrons. The van der Waals surface area contributed by atoms with Gasteiger partial charge in [-0.2, -0.15) is 0 Å². The first-order chi connectivity index (χ1) is 19.7. The van der Waals surface area contributed by atoms with E-state index in [-0.39, 0.29) is 12.4 Å². The predicted molar refractivity (Wildman–Crippen MR) is 190 cm³/mol. The van der Waals surface area contributed by atoms with E-state index in [0.717, 1.165) is 54.5 Å². The summed E-state index contributed by atoms with van der Waals surface area (Å²) in [5.74, 6) is 0.683. The Labute approximate surface area is 266 Å². The Morgan fingerprint density at radius 3 is 1.53 bits per heavy atom. The molecule has 2 rings (SSSR count). The van der Waals surface area contributed by atoms with Crippen LogP contribution in [0.5, 0.6) is 11.5 Å². The van der Waals surface area contributed by atoms with Crippen LogP contribution >= 0.6 is 0 Å². The van der Waals surface area contributed by atoms with Crippen LogP contribution in [0.1, 0.15) is 35.1 Å². The van der Waals surface area contributed by atoms with Gasteiger partial charge in [0.15, 0.2) is 28.1 Å². The van der Waals surface area contributed by atoms with Crippen molar-refractivity contribution in [2.75, 3.05) is 7.11 Å². The van der Waals surface area contributed by atoms with Crippen molar-refractivity contribution in [1.29, 1.82) is 0 Å². The maximum atomic E-state index is 9.87. The molecule has 0 atom stereocenters. The first-order valence-corrected chi connectivity index (χ1v) is 30.2. The van der Waals surface area contributed by atoms with Gasteiger partial charge in [-0.1, -0.05) is 24.3 Å². The quantitative estimate of drug-likeness (QED) is 0.153. The molecule has 12 heteroatoms. The van der Waals surface area contributed by atoms with Crippen molar-refractivity contribution in [3.63, 3.8) is 0 Å². The van der Waals surface area contributed by atoms with Crippen molar-refractivity contribution >= 4 is 42.3 Å². The molecule has 0 saturated carbocycles. The highest BCUT2D eigenvalue weighted by Gasteiger charge is 2.45. The van der Waals surface area contributed by atoms with Gasteiger partial charge in [0.1, 0.15) is 0 Å². The van der Waals surface area contributed by atoms with Gasteiger partial charge in [-0.25, -0.2) is 0 Å². The zero-order valence-corrected chi connectivity index (χ0v) is 33.8. The monoisotopic (exact) mass is 682 g/mol. The van der Waals surface area contributed by atoms with Gasteiger partial charge in [0.25, 0.3) is 0 Å². The van der Waals surface area contributed by atoms with Crippen LogP contribution in [0.2, 0.25) is 77.6 Å². The molecule has 2 N–H and O–H groups in total. The minimum Gasteiger partial charge on any atom is -0.504 e. The third kappa shape index (κ3) is 13.8. The van der Waals surface area contributed by atoms with E-state index in [4.69, 9.17) is 21.2 Å². The molecule has 2 aromatic carbocycles. The second kappa shape index (κ2) is 15.5. The fourth-order valence-corrected chi connectivity index (χ4v) is 30.7. The molecular weight excluding hydrogens is 625 g/mol. The van der Waals surface area contributed by atoms with E-state index in [1.54, 1.807) is 13.2 Å². The molecule has 2 aromatic rings. The van der Waals surface area contributed by atoms with Crippen molar-refractivity contribution in [2.24, 2.45) is 0 Å². The molecule has 0 bridgehead atoms. The summed E-state index contributed by atoms with van der Waals surface area (Å²) in [6.07, 6.45) is 3.96. The van der Waals surface area contributed by atoms with Gasteiger partial charge in [-0.15, -0.1) is 0 Å². The van der Waals surface area contributed by atoms with Crippen LogP contribution < -0.4 is 4.74 Å². The zero-order chi connectivity index (χ0) is 32.7. The molecule has 0 unspecified atom stereocenters. The first kappa shape index (κ1) is 38.1. The number of phenols is 1. The Hall–Kier alpha value is -1.08. The number of aliphatic hydroxyl groups is 1. The number of aryl methyl sites for hydroxylation is 3. The minimum absolute atomic E-state index is 0.0866. The lowest BCUT2D eigenvalue weighted by Gasteiger charge is -2.42. The summed E-state index contributed by atoms with van der Waals surface area (Å²) in [7, 11) is -9.76. The Kier molecular flexibility index (Phi) is 13.7. The number of phenolic OH excluding ortho intramolecular Hbond substituents is 1. The van der Waals surface area contributed by atoms with Gasteiger partial charge in [-0.05, 0) is 145 Å². The highest BCUT2D eigenvalue weighted by Crippen LogP contribution is 2.30. The van der Waals surface area contributed by atoms with E-state index in [1.165, 1.54) is 5.56 Å². The molecule has 0 aliphatic carbocycles. The predicted octanol–water partition coefficient (Wildman–Crippen LogP) is 8.35. The SMILES string of the molecule is COc1cc(CCC[Si](C)(C)O[Si](C)(C)O[Si](C)(C)O[Si](C)(C)O[Si](C)(C)CCCc2ccc(C)c(CO)c2)ccc1O. The molecule has 0 saturated heterocycles. The van der Waals surface area contributed by atoms with Crippen molar-refractivity contribution in [2.45, 2.75) is 117 Å². The van der Waals surface area contributed by atoms with Gasteiger partial charge in [-0.3, -0.25) is 0 Å². The lowest BCUT2D eigenvalue weighted by molar-refractivity contribution is 0.281. The second-order valence-electron chi connectivity index (χ2n) is 14.3. The Balaban J connectivity index is 1.88. The normalized spacial score (nSPS) is 13.4. The average molecular weight is 683 g/mol. The summed E-state index contributed by atoms with van der Waals surface area (Å²) in [5.41, 5.74) is 4.57. The van der Waals surface area contributed by atoms with Crippen LogP contribution in [0, 0.1) is 6.92 Å². The lowest BCUT2D eigenvalue weighted by atomic mass is 10.0. The molecule has 7 nitrogen and oxygen atoms in total. The first-order valence-electron chi connectivity index (χ1n) is 15.5. The summed E-state index contributed by atoms with van der Waals surface area (Å²) in [4.78, 5) is 0. The lowest BCUT2D eigenvalue weighted by Crippen LogP contribution is -2.58. The number of aliphatic hydroxyl groups excluding tert-OH is 1. The van der Waals surface area contributed by atoms with Crippen molar-refractivity contribution in [3.8, 4) is 11.5 Å². The second-order valence-corrected chi connectivity index (χ2v) is 34.0. The third-order valence-electron chi connectivity index (χ3n) is 7.34. The van der Waals surface area contributed by atoms with Crippen LogP contribution in [0.25, 0.3) is 0 Å². The smallest absolute Gasteiger partial charge is 0.314 e. The third-order valence-corrected chi connectivity index (χ3v) is 26.7. The highest BCUT2D eigenvalue weighted by atomic mass is 28.5. The molecule has 0 heterocycles. The average Bonchev–Trinajstić information content (AvgIpc) is 2.82. The van der Waals surface area contributed by atoms with E-state index < -0.39 is 42.3 Å². The van der Waals surface area contributed by atoms with Gasteiger partial charge < -0.3 is 31.4 Å². The summed E-state index contributed by atoms with van der Waals surface area (Å²) >= 11 is 0. The molecular formula is C31H58O7Si5. The van der Waals surface area contributed by atoms with Crippen LogP contribution in [-0.2, 0) is 35.9 Å². The van der Waals surface area contributed by atoms with Crippen molar-refractivity contribution in [3.05, 3.63) is 58.7 Å². The van der Waals surface area contributed by atoms with Crippen LogP contribution in [-0.4, -0.2) is 59.6 Å². The molecule has 0 aliphatic rings. The number of rotatable bonds is 18. The van der Waals surface area contributed by atoms with E-state index in [9.17, 15) is 10.2 Å². The summed E-state index contributed by atoms with van der Waals surface area (Å²) in [6.45, 7) is 24.1. The van der Waals surface area contributed by atoms with E-state index in [2.05, 4.69) is 83.7 Å². The van der Waals surface area contributed by atoms with E-state index >= 15 is 0 Å². The zero-order valence-electron chi connectivity index (χ0n) is 28.8. The largest absolute Gasteiger partial charge is 0.504 e. The fraction of sp³-hybridized carbons (Fsp3) is 0.613. The molecule has 0 aliphatic heterocycles. The molecule has 0 aromatic heterocycles. The van der Waals surface area contributed by atoms with Gasteiger partial charge >= 0.3 is 25.7 Å². The van der Waals surface area contributed by atoms with Gasteiger partial charge in [0.05, 0.1) is 13.7 Å². The van der Waals surface area contributed by atoms with Crippen LogP contribution in [0.3, 0.4) is 0 Å². The molecule has 0 spiro atoms. The Morgan fingerprint density at radius 2 is 1.07 bits per heavy atom. The van der Waals surface area contributed by atoms with E-state index in [1.807, 2.05) is 19.1 Å². The molecule has 0 radical (unpaired) electrons. The maximum Gasteiger partial charge on any atom is 0.314 e. The minimum atomic E-state index is -2.52. The highest BCUT2D eigenvalue weighted by molar-refractivity contribution is 6.90. The summed E-state index contributed by atoms with van der Waals surface area (Å²) in [6, 6.07) is 14.0. The van der Waals surface area contributed by atoms with Crippen molar-refractivity contribution < 1.29 is 31.4 Å². The molecule has 43 heavy (non-hydrogen) atoms. The van der Waals surface area contributed by atoms with Crippen LogP contribution in [0.4, 0.5) is 0 Å². The molecule has 0 fully saturated rings. The van der Waals surface area contributed by atoms with Gasteiger partial charge in [0, 0.05) is 0 Å². The fourth-order valence-electron chi connectivity index (χ4n) is 6.04. The van der Waals surface area contributed by atoms with Gasteiger partial charge in [0.2, 0.25) is 0 Å². The van der Waals surface area contributed by atoms with E-state index in [0.29, 0.717) is 5.75 Å². The number of methoxy groups -OCH3 is 1. The van der Waals surface area contributed by atoms with Crippen molar-refractivity contribution in [1.82, 2.24) is 0 Å².